The zero-order chi connectivity index (χ0) is 10.0. The Hall–Kier alpha value is -0.810. The first-order chi connectivity index (χ1) is 6.06. The van der Waals surface area contributed by atoms with Gasteiger partial charge in [0.25, 0.3) is 6.43 Å². The number of halogens is 4. The van der Waals surface area contributed by atoms with E-state index < -0.39 is 23.1 Å². The monoisotopic (exact) mass is 210 g/mol. The molecule has 0 bridgehead atoms. The summed E-state index contributed by atoms with van der Waals surface area (Å²) in [6.45, 7) is -0.196. The van der Waals surface area contributed by atoms with Crippen LogP contribution in [0.1, 0.15) is 17.6 Å². The topological polar surface area (TPSA) is 38.9 Å². The first-order valence-corrected chi connectivity index (χ1v) is 3.77. The van der Waals surface area contributed by atoms with Crippen LogP contribution in [0.5, 0.6) is 0 Å². The van der Waals surface area contributed by atoms with Gasteiger partial charge in [0.2, 0.25) is 5.95 Å². The van der Waals surface area contributed by atoms with Gasteiger partial charge in [0.15, 0.2) is 0 Å². The molecule has 13 heavy (non-hydrogen) atoms. The van der Waals surface area contributed by atoms with E-state index in [-0.39, 0.29) is 12.1 Å². The fraction of sp³-hybridized carbons (Fsp3) is 0.286. The van der Waals surface area contributed by atoms with Gasteiger partial charge in [-0.25, -0.2) is 13.8 Å². The molecule has 0 saturated heterocycles. The number of nitrogens with two attached hydrogens (primary N) is 1. The Kier molecular flexibility index (Phi) is 3.11. The van der Waals surface area contributed by atoms with Crippen molar-refractivity contribution in [2.24, 2.45) is 5.73 Å². The van der Waals surface area contributed by atoms with Gasteiger partial charge in [-0.3, -0.25) is 0 Å². The molecule has 72 valence electrons. The predicted octanol–water partition coefficient (Wildman–Crippen LogP) is 2.27. The third-order valence-corrected chi connectivity index (χ3v) is 1.79. The van der Waals surface area contributed by atoms with Crippen molar-refractivity contribution in [3.05, 3.63) is 28.3 Å². The minimum Gasteiger partial charge on any atom is -0.326 e. The molecule has 0 aliphatic carbocycles. The van der Waals surface area contributed by atoms with Crippen LogP contribution in [0.2, 0.25) is 5.15 Å². The second-order valence-corrected chi connectivity index (χ2v) is 2.67. The van der Waals surface area contributed by atoms with Gasteiger partial charge in [-0.1, -0.05) is 11.6 Å². The summed E-state index contributed by atoms with van der Waals surface area (Å²) < 4.78 is 37.2. The molecule has 0 radical (unpaired) electrons. The first-order valence-electron chi connectivity index (χ1n) is 3.39. The van der Waals surface area contributed by atoms with Crippen LogP contribution in [-0.4, -0.2) is 4.98 Å². The van der Waals surface area contributed by atoms with Gasteiger partial charge in [-0.2, -0.15) is 4.39 Å². The zero-order valence-corrected chi connectivity index (χ0v) is 7.15. The minimum atomic E-state index is -2.79. The fourth-order valence-electron chi connectivity index (χ4n) is 0.939. The largest absolute Gasteiger partial charge is 0.326 e. The number of hydrogen-bond acceptors (Lipinski definition) is 2. The zero-order valence-electron chi connectivity index (χ0n) is 6.40. The van der Waals surface area contributed by atoms with Gasteiger partial charge in [-0.05, 0) is 11.6 Å². The molecule has 0 fully saturated rings. The molecule has 1 aromatic rings. The van der Waals surface area contributed by atoms with Crippen LogP contribution in [-0.2, 0) is 6.54 Å². The van der Waals surface area contributed by atoms with Crippen molar-refractivity contribution in [3.8, 4) is 0 Å². The molecule has 1 heterocycles. The molecular formula is C7H6ClF3N2. The van der Waals surface area contributed by atoms with Crippen molar-refractivity contribution < 1.29 is 13.2 Å². The normalized spacial score (nSPS) is 10.9. The van der Waals surface area contributed by atoms with Crippen LogP contribution in [0.15, 0.2) is 6.07 Å². The maximum Gasteiger partial charge on any atom is 0.267 e. The van der Waals surface area contributed by atoms with E-state index >= 15 is 0 Å². The molecule has 0 spiro atoms. The lowest BCUT2D eigenvalue weighted by Gasteiger charge is -2.07. The Morgan fingerprint density at radius 2 is 2.15 bits per heavy atom. The van der Waals surface area contributed by atoms with Crippen LogP contribution in [0.4, 0.5) is 13.2 Å². The molecule has 0 aliphatic rings. The lowest BCUT2D eigenvalue weighted by molar-refractivity contribution is 0.149. The standard InChI is InChI=1S/C7H6ClF3N2/c8-6-5(7(10)11)3(2-12)1-4(9)13-6/h1,7H,2,12H2. The van der Waals surface area contributed by atoms with Crippen LogP contribution in [0.25, 0.3) is 0 Å². The van der Waals surface area contributed by atoms with Crippen LogP contribution >= 0.6 is 11.6 Å². The predicted molar refractivity (Wildman–Crippen MR) is 42.1 cm³/mol. The van der Waals surface area contributed by atoms with E-state index in [1.165, 1.54) is 0 Å². The summed E-state index contributed by atoms with van der Waals surface area (Å²) in [5, 5.41) is -0.532. The molecule has 6 heteroatoms. The summed E-state index contributed by atoms with van der Waals surface area (Å²) in [5.41, 5.74) is 4.62. The average Bonchev–Trinajstić information content (AvgIpc) is 2.01. The van der Waals surface area contributed by atoms with Crippen LogP contribution in [0.3, 0.4) is 0 Å². The quantitative estimate of drug-likeness (QED) is 0.761. The summed E-state index contributed by atoms with van der Waals surface area (Å²) in [7, 11) is 0. The molecule has 0 amide bonds. The molecule has 2 N–H and O–H groups in total. The lowest BCUT2D eigenvalue weighted by Crippen LogP contribution is -2.05. The minimum absolute atomic E-state index is 0.0208. The second-order valence-electron chi connectivity index (χ2n) is 2.31. The fourth-order valence-corrected chi connectivity index (χ4v) is 1.22. The summed E-state index contributed by atoms with van der Waals surface area (Å²) in [6.07, 6.45) is -2.79. The van der Waals surface area contributed by atoms with Crippen molar-refractivity contribution in [3.63, 3.8) is 0 Å². The highest BCUT2D eigenvalue weighted by Crippen LogP contribution is 2.28. The number of hydrogen-bond donors (Lipinski definition) is 1. The van der Waals surface area contributed by atoms with Gasteiger partial charge >= 0.3 is 0 Å². The average molecular weight is 211 g/mol. The third kappa shape index (κ3) is 2.10. The van der Waals surface area contributed by atoms with E-state index in [1.807, 2.05) is 0 Å². The highest BCUT2D eigenvalue weighted by atomic mass is 35.5. The molecular weight excluding hydrogens is 205 g/mol. The van der Waals surface area contributed by atoms with Crippen molar-refractivity contribution in [1.82, 2.24) is 4.98 Å². The molecule has 1 aromatic heterocycles. The van der Waals surface area contributed by atoms with E-state index in [0.717, 1.165) is 6.07 Å². The van der Waals surface area contributed by atoms with Crippen molar-refractivity contribution in [1.29, 1.82) is 0 Å². The molecule has 0 saturated carbocycles. The maximum absolute atomic E-state index is 12.6. The highest BCUT2D eigenvalue weighted by molar-refractivity contribution is 6.30. The highest BCUT2D eigenvalue weighted by Gasteiger charge is 2.18. The molecule has 1 rings (SSSR count). The van der Waals surface area contributed by atoms with Gasteiger partial charge < -0.3 is 5.73 Å². The van der Waals surface area contributed by atoms with Gasteiger partial charge in [-0.15, -0.1) is 0 Å². The Morgan fingerprint density at radius 1 is 1.54 bits per heavy atom. The van der Waals surface area contributed by atoms with E-state index in [0.29, 0.717) is 0 Å². The van der Waals surface area contributed by atoms with Gasteiger partial charge in [0, 0.05) is 6.54 Å². The number of aromatic nitrogens is 1. The lowest BCUT2D eigenvalue weighted by atomic mass is 10.1. The molecule has 0 unspecified atom stereocenters. The van der Waals surface area contributed by atoms with Gasteiger partial charge in [0.1, 0.15) is 5.15 Å². The molecule has 0 aromatic carbocycles. The summed E-state index contributed by atoms with van der Waals surface area (Å²) in [6, 6.07) is 0.855. The smallest absolute Gasteiger partial charge is 0.267 e. The molecule has 2 nitrogen and oxygen atoms in total. The number of alkyl halides is 2. The van der Waals surface area contributed by atoms with E-state index in [4.69, 9.17) is 17.3 Å². The maximum atomic E-state index is 12.6. The van der Waals surface area contributed by atoms with E-state index in [1.54, 1.807) is 0 Å². The van der Waals surface area contributed by atoms with E-state index in [9.17, 15) is 13.2 Å². The van der Waals surface area contributed by atoms with E-state index in [2.05, 4.69) is 4.98 Å². The van der Waals surface area contributed by atoms with Crippen molar-refractivity contribution in [2.75, 3.05) is 0 Å². The van der Waals surface area contributed by atoms with Crippen LogP contribution < -0.4 is 5.73 Å². The number of pyridine rings is 1. The number of rotatable bonds is 2. The third-order valence-electron chi connectivity index (χ3n) is 1.50. The van der Waals surface area contributed by atoms with Crippen molar-refractivity contribution >= 4 is 11.6 Å². The Bertz CT molecular complexity index is 317. The second kappa shape index (κ2) is 3.93. The van der Waals surface area contributed by atoms with Crippen molar-refractivity contribution in [2.45, 2.75) is 13.0 Å². The summed E-state index contributed by atoms with van der Waals surface area (Å²) in [4.78, 5) is 3.07. The Labute approximate surface area is 77.5 Å². The van der Waals surface area contributed by atoms with Gasteiger partial charge in [0.05, 0.1) is 5.56 Å². The summed E-state index contributed by atoms with van der Waals surface area (Å²) >= 11 is 5.32. The molecule has 0 atom stereocenters. The first kappa shape index (κ1) is 10.3. The Balaban J connectivity index is 3.30. The summed E-state index contributed by atoms with van der Waals surface area (Å²) in [5.74, 6) is -0.908. The van der Waals surface area contributed by atoms with Crippen LogP contribution in [0, 0.1) is 5.95 Å². The molecule has 0 aliphatic heterocycles. The SMILES string of the molecule is NCc1cc(F)nc(Cl)c1C(F)F. The number of nitrogens with zero attached hydrogens (tertiary/aromatic N) is 1. The Morgan fingerprint density at radius 3 is 2.62 bits per heavy atom.